The van der Waals surface area contributed by atoms with Crippen LogP contribution in [0.5, 0.6) is 0 Å². The summed E-state index contributed by atoms with van der Waals surface area (Å²) in [5.74, 6) is 2.83. The summed E-state index contributed by atoms with van der Waals surface area (Å²) in [7, 11) is 1.62. The third-order valence-corrected chi connectivity index (χ3v) is 4.46. The minimum Gasteiger partial charge on any atom is -0.340 e. The van der Waals surface area contributed by atoms with E-state index in [0.717, 1.165) is 12.1 Å². The maximum absolute atomic E-state index is 12.8. The number of nitrogens with zero attached hydrogens (tertiary/aromatic N) is 4. The summed E-state index contributed by atoms with van der Waals surface area (Å²) in [4.78, 5) is 20.9. The van der Waals surface area contributed by atoms with Gasteiger partial charge >= 0.3 is 6.18 Å². The maximum atomic E-state index is 12.8. The Morgan fingerprint density at radius 3 is 2.70 bits per heavy atom. The third-order valence-electron chi connectivity index (χ3n) is 4.46. The number of aromatic nitrogens is 2. The molecule has 3 rings (SSSR count). The van der Waals surface area contributed by atoms with Crippen LogP contribution in [0.1, 0.15) is 37.1 Å². The van der Waals surface area contributed by atoms with Crippen LogP contribution in [0.2, 0.25) is 0 Å². The maximum Gasteiger partial charge on any atom is 0.416 e. The largest absolute Gasteiger partial charge is 0.416 e. The smallest absolute Gasteiger partial charge is 0.340 e. The van der Waals surface area contributed by atoms with Crippen LogP contribution in [0.3, 0.4) is 0 Å². The van der Waals surface area contributed by atoms with Crippen LogP contribution < -0.4 is 0 Å². The number of carbonyl (C=O) groups excluding carboxylic acids is 1. The zero-order chi connectivity index (χ0) is 19.7. The number of carbonyl (C=O) groups is 1. The van der Waals surface area contributed by atoms with Gasteiger partial charge in [-0.25, -0.2) is 4.98 Å². The van der Waals surface area contributed by atoms with Gasteiger partial charge in [0.2, 0.25) is 5.91 Å². The van der Waals surface area contributed by atoms with Crippen molar-refractivity contribution in [1.82, 2.24) is 14.9 Å². The lowest BCUT2D eigenvalue weighted by molar-refractivity contribution is -0.137. The van der Waals surface area contributed by atoms with Crippen LogP contribution in [-0.2, 0) is 17.5 Å². The molecule has 0 fully saturated rings. The molecule has 0 spiro atoms. The lowest BCUT2D eigenvalue weighted by atomic mass is 10.0. The minimum atomic E-state index is -4.42. The Morgan fingerprint density at radius 2 is 2.07 bits per heavy atom. The average molecular weight is 377 g/mol. The molecule has 27 heavy (non-hydrogen) atoms. The first-order valence-electron chi connectivity index (χ1n) is 8.40. The average Bonchev–Trinajstić information content (AvgIpc) is 3.27. The fraction of sp³-hybridized carbons (Fsp3) is 0.444. The fourth-order valence-corrected chi connectivity index (χ4v) is 2.79. The second kappa shape index (κ2) is 7.02. The van der Waals surface area contributed by atoms with Crippen molar-refractivity contribution in [2.45, 2.75) is 44.1 Å². The Kier molecular flexibility index (Phi) is 4.91. The molecule has 0 radical (unpaired) electrons. The van der Waals surface area contributed by atoms with E-state index in [1.54, 1.807) is 7.05 Å². The van der Waals surface area contributed by atoms with Gasteiger partial charge in [0, 0.05) is 32.7 Å². The van der Waals surface area contributed by atoms with E-state index < -0.39 is 17.4 Å². The first-order valence-corrected chi connectivity index (χ1v) is 8.40. The summed E-state index contributed by atoms with van der Waals surface area (Å²) in [6, 6.07) is 3.31. The standard InChI is InChI=1S/C18H18F3N5O/c1-3-4-8-17(24-25-17)9-7-16(27)26(2)11-15-22-13-6-5-12(18(19,20)21)10-14(13)23-15/h1,5-6,10H,4,7-9,11H2,2H3,(H,22,23). The molecule has 0 unspecified atom stereocenters. The van der Waals surface area contributed by atoms with Crippen LogP contribution in [0.15, 0.2) is 28.4 Å². The van der Waals surface area contributed by atoms with E-state index >= 15 is 0 Å². The summed E-state index contributed by atoms with van der Waals surface area (Å²) in [6.45, 7) is 0.167. The number of amides is 1. The second-order valence-corrected chi connectivity index (χ2v) is 6.55. The van der Waals surface area contributed by atoms with E-state index in [1.807, 2.05) is 0 Å². The van der Waals surface area contributed by atoms with Gasteiger partial charge in [-0.15, -0.1) is 12.3 Å². The highest BCUT2D eigenvalue weighted by Crippen LogP contribution is 2.37. The van der Waals surface area contributed by atoms with E-state index in [4.69, 9.17) is 6.42 Å². The predicted octanol–water partition coefficient (Wildman–Crippen LogP) is 3.90. The SMILES string of the molecule is C#CCCC1(CCC(=O)N(C)Cc2nc3ccc(C(F)(F)F)cc3[nH]2)N=N1. The van der Waals surface area contributed by atoms with Crippen LogP contribution in [0.25, 0.3) is 11.0 Å². The first-order chi connectivity index (χ1) is 12.7. The molecular formula is C18H18F3N5O. The summed E-state index contributed by atoms with van der Waals surface area (Å²) >= 11 is 0. The van der Waals surface area contributed by atoms with Crippen molar-refractivity contribution < 1.29 is 18.0 Å². The van der Waals surface area contributed by atoms with Crippen molar-refractivity contribution in [3.05, 3.63) is 29.6 Å². The molecule has 1 amide bonds. The topological polar surface area (TPSA) is 73.7 Å². The van der Waals surface area contributed by atoms with Crippen molar-refractivity contribution in [2.24, 2.45) is 10.2 Å². The number of fused-ring (bicyclic) bond motifs is 1. The number of hydrogen-bond acceptors (Lipinski definition) is 4. The number of imidazole rings is 1. The van der Waals surface area contributed by atoms with Gasteiger partial charge in [0.25, 0.3) is 0 Å². The number of halogens is 3. The molecule has 9 heteroatoms. The predicted molar refractivity (Wildman–Crippen MR) is 92.5 cm³/mol. The van der Waals surface area contributed by atoms with Gasteiger partial charge < -0.3 is 9.88 Å². The molecule has 0 saturated carbocycles. The van der Waals surface area contributed by atoms with Crippen LogP contribution in [-0.4, -0.2) is 33.5 Å². The molecule has 142 valence electrons. The second-order valence-electron chi connectivity index (χ2n) is 6.55. The van der Waals surface area contributed by atoms with Crippen molar-refractivity contribution in [3.63, 3.8) is 0 Å². The van der Waals surface area contributed by atoms with Crippen molar-refractivity contribution >= 4 is 16.9 Å². The molecule has 6 nitrogen and oxygen atoms in total. The van der Waals surface area contributed by atoms with E-state index in [2.05, 4.69) is 26.1 Å². The highest BCUT2D eigenvalue weighted by atomic mass is 19.4. The molecule has 1 aromatic carbocycles. The molecule has 1 aromatic heterocycles. The number of rotatable bonds is 7. The van der Waals surface area contributed by atoms with Gasteiger partial charge in [-0.3, -0.25) is 4.79 Å². The van der Waals surface area contributed by atoms with Crippen LogP contribution in [0.4, 0.5) is 13.2 Å². The van der Waals surface area contributed by atoms with Crippen LogP contribution >= 0.6 is 0 Å². The number of benzene rings is 1. The monoisotopic (exact) mass is 377 g/mol. The van der Waals surface area contributed by atoms with E-state index in [1.165, 1.54) is 11.0 Å². The van der Waals surface area contributed by atoms with Gasteiger partial charge in [-0.2, -0.15) is 23.4 Å². The Morgan fingerprint density at radius 1 is 1.33 bits per heavy atom. The van der Waals surface area contributed by atoms with Crippen molar-refractivity contribution in [2.75, 3.05) is 7.05 Å². The molecule has 2 aromatic rings. The normalized spacial score (nSPS) is 14.9. The minimum absolute atomic E-state index is 0.121. The third kappa shape index (κ3) is 4.45. The lowest BCUT2D eigenvalue weighted by Crippen LogP contribution is -2.28. The molecule has 2 heterocycles. The van der Waals surface area contributed by atoms with Crippen LogP contribution in [0, 0.1) is 12.3 Å². The summed E-state index contributed by atoms with van der Waals surface area (Å²) in [5.41, 5.74) is -0.563. The van der Waals surface area contributed by atoms with Gasteiger partial charge in [0.1, 0.15) is 5.82 Å². The molecule has 0 aliphatic carbocycles. The summed E-state index contributed by atoms with van der Waals surface area (Å²) < 4.78 is 38.4. The first kappa shape index (κ1) is 18.9. The Labute approximate surface area is 153 Å². The van der Waals surface area contributed by atoms with E-state index in [-0.39, 0.29) is 24.4 Å². The molecule has 0 atom stereocenters. The lowest BCUT2D eigenvalue weighted by Gasteiger charge is -2.16. The number of aromatic amines is 1. The van der Waals surface area contributed by atoms with Crippen molar-refractivity contribution in [3.8, 4) is 12.3 Å². The van der Waals surface area contributed by atoms with Gasteiger partial charge in [-0.05, 0) is 18.2 Å². The van der Waals surface area contributed by atoms with Crippen molar-refractivity contribution in [1.29, 1.82) is 0 Å². The fourth-order valence-electron chi connectivity index (χ4n) is 2.79. The van der Waals surface area contributed by atoms with Gasteiger partial charge in [0.15, 0.2) is 5.66 Å². The molecule has 1 aliphatic rings. The van der Waals surface area contributed by atoms with E-state index in [9.17, 15) is 18.0 Å². The summed E-state index contributed by atoms with van der Waals surface area (Å²) in [6.07, 6.45) is 2.75. The molecule has 0 saturated heterocycles. The molecular weight excluding hydrogens is 359 g/mol. The Balaban J connectivity index is 1.59. The Hall–Kier alpha value is -2.89. The highest BCUT2D eigenvalue weighted by Gasteiger charge is 2.39. The number of nitrogens with one attached hydrogen (secondary N) is 1. The zero-order valence-electron chi connectivity index (χ0n) is 14.7. The van der Waals surface area contributed by atoms with E-state index in [0.29, 0.717) is 30.6 Å². The quantitative estimate of drug-likeness (QED) is 0.744. The Bertz CT molecular complexity index is 919. The van der Waals surface area contributed by atoms with Gasteiger partial charge in [0.05, 0.1) is 23.1 Å². The molecule has 1 aliphatic heterocycles. The number of alkyl halides is 3. The highest BCUT2D eigenvalue weighted by molar-refractivity contribution is 5.77. The molecule has 1 N–H and O–H groups in total. The summed E-state index contributed by atoms with van der Waals surface area (Å²) in [5, 5.41) is 7.98. The molecule has 0 bridgehead atoms. The number of H-pyrrole nitrogens is 1. The zero-order valence-corrected chi connectivity index (χ0v) is 14.7. The number of hydrogen-bond donors (Lipinski definition) is 1. The number of terminal acetylenes is 1. The van der Waals surface area contributed by atoms with Gasteiger partial charge in [-0.1, -0.05) is 0 Å².